The van der Waals surface area contributed by atoms with Crippen molar-refractivity contribution in [3.05, 3.63) is 0 Å². The van der Waals surface area contributed by atoms with Gasteiger partial charge in [-0.2, -0.15) is 26.3 Å². The van der Waals surface area contributed by atoms with E-state index in [9.17, 15) is 31.1 Å². The van der Waals surface area contributed by atoms with Crippen molar-refractivity contribution in [3.63, 3.8) is 0 Å². The Hall–Kier alpha value is -1.03. The number of rotatable bonds is 1. The summed E-state index contributed by atoms with van der Waals surface area (Å²) in [6.45, 7) is -1.19. The molecular weight excluding hydrogens is 262 g/mol. The summed E-state index contributed by atoms with van der Waals surface area (Å²) in [6, 6.07) is 0. The summed E-state index contributed by atoms with van der Waals surface area (Å²) in [5.74, 6) is -6.15. The number of carbonyl (C=O) groups excluding carboxylic acids is 1. The van der Waals surface area contributed by atoms with Gasteiger partial charge in [-0.25, -0.2) is 4.79 Å². The molecule has 0 aliphatic carbocycles. The van der Waals surface area contributed by atoms with E-state index < -0.39 is 36.8 Å². The van der Waals surface area contributed by atoms with Crippen LogP contribution >= 0.6 is 0 Å². The van der Waals surface area contributed by atoms with Crippen LogP contribution in [0.5, 0.6) is 0 Å². The molecule has 0 amide bonds. The molecule has 0 N–H and O–H groups in total. The minimum atomic E-state index is -5.85. The topological polar surface area (TPSA) is 44.8 Å². The lowest BCUT2D eigenvalue weighted by atomic mass is 10.2. The Balaban J connectivity index is 3.03. The summed E-state index contributed by atoms with van der Waals surface area (Å²) < 4.78 is 85.3. The van der Waals surface area contributed by atoms with Gasteiger partial charge in [-0.05, 0) is 0 Å². The average Bonchev–Trinajstić information content (AvgIpc) is 2.60. The zero-order valence-electron chi connectivity index (χ0n) is 8.19. The molecule has 1 aliphatic heterocycles. The van der Waals surface area contributed by atoms with Gasteiger partial charge in [-0.3, -0.25) is 0 Å². The second kappa shape index (κ2) is 4.02. The van der Waals surface area contributed by atoms with Gasteiger partial charge < -0.3 is 14.2 Å². The molecule has 10 heteroatoms. The first-order valence-electron chi connectivity index (χ1n) is 4.08. The molecule has 0 spiro atoms. The maximum absolute atomic E-state index is 12.3. The van der Waals surface area contributed by atoms with E-state index in [1.54, 1.807) is 0 Å². The standard InChI is InChI=1S/C7H6F6O4/c1-15-4(14)3-2-16-5(17-3,6(8,9)10)7(11,12)13/h3H,2H2,1H3. The van der Waals surface area contributed by atoms with Crippen molar-refractivity contribution in [2.45, 2.75) is 24.2 Å². The predicted octanol–water partition coefficient (Wildman–Crippen LogP) is 1.40. The van der Waals surface area contributed by atoms with Crippen LogP contribution in [0.3, 0.4) is 0 Å². The highest BCUT2D eigenvalue weighted by molar-refractivity contribution is 5.75. The van der Waals surface area contributed by atoms with Gasteiger partial charge in [0.1, 0.15) is 0 Å². The van der Waals surface area contributed by atoms with Crippen LogP contribution in [-0.4, -0.2) is 43.9 Å². The van der Waals surface area contributed by atoms with Crippen LogP contribution in [0, 0.1) is 0 Å². The summed E-state index contributed by atoms with van der Waals surface area (Å²) >= 11 is 0. The van der Waals surface area contributed by atoms with E-state index in [1.807, 2.05) is 0 Å². The van der Waals surface area contributed by atoms with Gasteiger partial charge in [0.2, 0.25) is 0 Å². The Morgan fingerprint density at radius 1 is 1.24 bits per heavy atom. The van der Waals surface area contributed by atoms with Gasteiger partial charge in [0.05, 0.1) is 13.7 Å². The molecule has 1 heterocycles. The fourth-order valence-electron chi connectivity index (χ4n) is 1.17. The number of hydrogen-bond acceptors (Lipinski definition) is 4. The predicted molar refractivity (Wildman–Crippen MR) is 37.7 cm³/mol. The maximum Gasteiger partial charge on any atom is 0.453 e. The summed E-state index contributed by atoms with van der Waals surface area (Å²) in [7, 11) is 0.798. The Kier molecular flexibility index (Phi) is 3.32. The van der Waals surface area contributed by atoms with Crippen molar-refractivity contribution in [1.29, 1.82) is 0 Å². The molecule has 1 atom stereocenters. The Morgan fingerprint density at radius 2 is 1.71 bits per heavy atom. The van der Waals surface area contributed by atoms with Crippen LogP contribution in [0.25, 0.3) is 0 Å². The lowest BCUT2D eigenvalue weighted by Gasteiger charge is -2.31. The van der Waals surface area contributed by atoms with Crippen LogP contribution in [0.2, 0.25) is 0 Å². The molecule has 0 aromatic carbocycles. The molecular formula is C7H6F6O4. The SMILES string of the molecule is COC(=O)C1COC(C(F)(F)F)(C(F)(F)F)O1. The van der Waals surface area contributed by atoms with Gasteiger partial charge in [0.25, 0.3) is 0 Å². The molecule has 0 saturated carbocycles. The Bertz CT molecular complexity index is 294. The molecule has 0 bridgehead atoms. The molecule has 1 aliphatic rings. The highest BCUT2D eigenvalue weighted by Gasteiger charge is 2.77. The van der Waals surface area contributed by atoms with Gasteiger partial charge in [-0.15, -0.1) is 0 Å². The lowest BCUT2D eigenvalue weighted by Crippen LogP contribution is -2.58. The number of methoxy groups -OCH3 is 1. The average molecular weight is 268 g/mol. The molecule has 1 rings (SSSR count). The smallest absolute Gasteiger partial charge is 0.453 e. The lowest BCUT2D eigenvalue weighted by molar-refractivity contribution is -0.442. The molecule has 1 saturated heterocycles. The number of esters is 1. The van der Waals surface area contributed by atoms with Crippen LogP contribution in [0.15, 0.2) is 0 Å². The first-order chi connectivity index (χ1) is 7.55. The van der Waals surface area contributed by atoms with Crippen LogP contribution in [0.1, 0.15) is 0 Å². The number of hydrogen-bond donors (Lipinski definition) is 0. The minimum absolute atomic E-state index is 0.798. The molecule has 0 aromatic rings. The van der Waals surface area contributed by atoms with Crippen LogP contribution in [-0.2, 0) is 19.0 Å². The van der Waals surface area contributed by atoms with E-state index in [4.69, 9.17) is 0 Å². The summed E-state index contributed by atoms with van der Waals surface area (Å²) in [4.78, 5) is 10.8. The van der Waals surface area contributed by atoms with Crippen molar-refractivity contribution >= 4 is 5.97 Å². The largest absolute Gasteiger partial charge is 0.467 e. The molecule has 4 nitrogen and oxygen atoms in total. The van der Waals surface area contributed by atoms with Crippen LogP contribution in [0.4, 0.5) is 26.3 Å². The first-order valence-corrected chi connectivity index (χ1v) is 4.08. The zero-order valence-corrected chi connectivity index (χ0v) is 8.19. The third-order valence-corrected chi connectivity index (χ3v) is 1.96. The highest BCUT2D eigenvalue weighted by Crippen LogP contribution is 2.49. The maximum atomic E-state index is 12.3. The van der Waals surface area contributed by atoms with Gasteiger partial charge >= 0.3 is 24.1 Å². The summed E-state index contributed by atoms with van der Waals surface area (Å²) in [6.07, 6.45) is -13.8. The highest BCUT2D eigenvalue weighted by atomic mass is 19.4. The molecule has 0 radical (unpaired) electrons. The van der Waals surface area contributed by atoms with E-state index in [1.165, 1.54) is 0 Å². The van der Waals surface area contributed by atoms with Crippen molar-refractivity contribution in [2.75, 3.05) is 13.7 Å². The number of ether oxygens (including phenoxy) is 3. The van der Waals surface area contributed by atoms with Crippen molar-refractivity contribution in [1.82, 2.24) is 0 Å². The van der Waals surface area contributed by atoms with Crippen LogP contribution < -0.4 is 0 Å². The monoisotopic (exact) mass is 268 g/mol. The minimum Gasteiger partial charge on any atom is -0.467 e. The van der Waals surface area contributed by atoms with E-state index >= 15 is 0 Å². The summed E-state index contributed by atoms with van der Waals surface area (Å²) in [5, 5.41) is 0. The second-order valence-corrected chi connectivity index (χ2v) is 3.05. The van der Waals surface area contributed by atoms with Gasteiger partial charge in [0, 0.05) is 0 Å². The molecule has 0 aromatic heterocycles. The Morgan fingerprint density at radius 3 is 2.00 bits per heavy atom. The first kappa shape index (κ1) is 14.0. The number of carbonyl (C=O) groups is 1. The Labute approximate surface area is 90.4 Å². The third kappa shape index (κ3) is 2.18. The van der Waals surface area contributed by atoms with E-state index in [0.29, 0.717) is 0 Å². The quantitative estimate of drug-likeness (QED) is 0.532. The zero-order chi connectivity index (χ0) is 13.5. The molecule has 100 valence electrons. The van der Waals surface area contributed by atoms with E-state index in [-0.39, 0.29) is 0 Å². The van der Waals surface area contributed by atoms with E-state index in [0.717, 1.165) is 7.11 Å². The number of halogens is 6. The van der Waals surface area contributed by atoms with Gasteiger partial charge in [-0.1, -0.05) is 0 Å². The van der Waals surface area contributed by atoms with E-state index in [2.05, 4.69) is 14.2 Å². The van der Waals surface area contributed by atoms with Gasteiger partial charge in [0.15, 0.2) is 6.10 Å². The van der Waals surface area contributed by atoms with Crippen molar-refractivity contribution < 1.29 is 45.3 Å². The fourth-order valence-corrected chi connectivity index (χ4v) is 1.17. The molecule has 1 fully saturated rings. The summed E-state index contributed by atoms with van der Waals surface area (Å²) in [5.41, 5.74) is 0. The normalized spacial score (nSPS) is 24.8. The third-order valence-electron chi connectivity index (χ3n) is 1.96. The molecule has 17 heavy (non-hydrogen) atoms. The molecule has 1 unspecified atom stereocenters. The second-order valence-electron chi connectivity index (χ2n) is 3.05. The number of alkyl halides is 6. The van der Waals surface area contributed by atoms with Crippen molar-refractivity contribution in [3.8, 4) is 0 Å². The fraction of sp³-hybridized carbons (Fsp3) is 0.857. The van der Waals surface area contributed by atoms with Crippen molar-refractivity contribution in [2.24, 2.45) is 0 Å².